The van der Waals surface area contributed by atoms with Crippen LogP contribution >= 0.6 is 0 Å². The molecule has 2 heterocycles. The lowest BCUT2D eigenvalue weighted by Crippen LogP contribution is -2.61. The molecule has 1 aromatic rings. The van der Waals surface area contributed by atoms with Crippen LogP contribution in [0, 0.1) is 12.8 Å². The van der Waals surface area contributed by atoms with E-state index in [1.807, 2.05) is 0 Å². The van der Waals surface area contributed by atoms with E-state index < -0.39 is 0 Å². The lowest BCUT2D eigenvalue weighted by Gasteiger charge is -2.56. The first-order chi connectivity index (χ1) is 10.1. The number of hydrogen-bond acceptors (Lipinski definition) is 3. The number of anilines is 1. The molecule has 0 aromatic heterocycles. The summed E-state index contributed by atoms with van der Waals surface area (Å²) >= 11 is 0. The maximum absolute atomic E-state index is 11.1. The minimum absolute atomic E-state index is 0.119. The number of nitrogens with zero attached hydrogens (tertiary/aromatic N) is 1. The fraction of sp³-hybridized carbons (Fsp3) is 0.667. The highest BCUT2D eigenvalue weighted by molar-refractivity contribution is 5.61. The van der Waals surface area contributed by atoms with Crippen molar-refractivity contribution in [1.82, 2.24) is 0 Å². The van der Waals surface area contributed by atoms with Gasteiger partial charge in [0.1, 0.15) is 0 Å². The minimum Gasteiger partial charge on any atom is -0.370 e. The van der Waals surface area contributed by atoms with Gasteiger partial charge in [-0.1, -0.05) is 37.0 Å². The number of hydroxylamine groups is 1. The molecule has 0 amide bonds. The van der Waals surface area contributed by atoms with Crippen LogP contribution in [0.15, 0.2) is 18.2 Å². The molecule has 1 aromatic carbocycles. The second-order valence-electron chi connectivity index (χ2n) is 7.29. The maximum atomic E-state index is 11.1. The number of aryl methyl sites for hydroxylation is 1. The zero-order valence-electron chi connectivity index (χ0n) is 13.1. The normalized spacial score (nSPS) is 33.9. The molecule has 3 nitrogen and oxygen atoms in total. The third-order valence-electron chi connectivity index (χ3n) is 6.18. The first kappa shape index (κ1) is 13.6. The molecule has 1 saturated carbocycles. The van der Waals surface area contributed by atoms with E-state index >= 15 is 0 Å². The van der Waals surface area contributed by atoms with Crippen molar-refractivity contribution in [2.75, 3.05) is 11.7 Å². The summed E-state index contributed by atoms with van der Waals surface area (Å²) in [6.07, 6.45) is 6.94. The van der Waals surface area contributed by atoms with Crippen LogP contribution in [0.4, 0.5) is 5.69 Å². The summed E-state index contributed by atoms with van der Waals surface area (Å²) in [4.78, 5) is 0. The molecule has 1 N–H and O–H groups in total. The van der Waals surface area contributed by atoms with E-state index in [4.69, 9.17) is 4.74 Å². The van der Waals surface area contributed by atoms with Gasteiger partial charge in [-0.3, -0.25) is 10.3 Å². The zero-order valence-corrected chi connectivity index (χ0v) is 13.1. The van der Waals surface area contributed by atoms with Gasteiger partial charge in [0.25, 0.3) is 0 Å². The highest BCUT2D eigenvalue weighted by Gasteiger charge is 2.60. The lowest BCUT2D eigenvalue weighted by molar-refractivity contribution is -0.0680. The Morgan fingerprint density at radius 2 is 2.00 bits per heavy atom. The zero-order chi connectivity index (χ0) is 14.7. The third kappa shape index (κ3) is 1.68. The van der Waals surface area contributed by atoms with Gasteiger partial charge in [-0.2, -0.15) is 0 Å². The topological polar surface area (TPSA) is 32.7 Å². The van der Waals surface area contributed by atoms with Crippen molar-refractivity contribution in [1.29, 1.82) is 0 Å². The predicted octanol–water partition coefficient (Wildman–Crippen LogP) is 4.16. The molecule has 114 valence electrons. The number of ether oxygens (including phenoxy) is 1. The smallest absolute Gasteiger partial charge is 0.0976 e. The van der Waals surface area contributed by atoms with Crippen molar-refractivity contribution in [3.8, 4) is 0 Å². The summed E-state index contributed by atoms with van der Waals surface area (Å²) in [5.74, 6) is 0.393. The number of hydrogen-bond donors (Lipinski definition) is 1. The van der Waals surface area contributed by atoms with Crippen molar-refractivity contribution < 1.29 is 9.94 Å². The van der Waals surface area contributed by atoms with Gasteiger partial charge in [0.15, 0.2) is 0 Å². The standard InChI is InChI=1S/C18H25NO2/c1-13-6-7-15-14(12-13)17(2)16(8-11-21-17)18(19(15)20)9-4-3-5-10-18/h6-7,12,16,20H,3-5,8-11H2,1-2H3. The van der Waals surface area contributed by atoms with E-state index in [9.17, 15) is 5.21 Å². The van der Waals surface area contributed by atoms with Crippen LogP contribution in [-0.4, -0.2) is 17.4 Å². The molecule has 21 heavy (non-hydrogen) atoms. The van der Waals surface area contributed by atoms with Crippen LogP contribution in [0.1, 0.15) is 56.6 Å². The summed E-state index contributed by atoms with van der Waals surface area (Å²) < 4.78 is 6.26. The predicted molar refractivity (Wildman–Crippen MR) is 82.7 cm³/mol. The first-order valence-corrected chi connectivity index (χ1v) is 8.32. The van der Waals surface area contributed by atoms with Crippen LogP contribution in [0.2, 0.25) is 0 Å². The monoisotopic (exact) mass is 287 g/mol. The van der Waals surface area contributed by atoms with Crippen LogP contribution < -0.4 is 5.06 Å². The molecule has 2 fully saturated rings. The Hall–Kier alpha value is -1.06. The van der Waals surface area contributed by atoms with Gasteiger partial charge in [0.2, 0.25) is 0 Å². The van der Waals surface area contributed by atoms with Crippen molar-refractivity contribution >= 4 is 5.69 Å². The molecule has 3 aliphatic rings. The second-order valence-corrected chi connectivity index (χ2v) is 7.29. The van der Waals surface area contributed by atoms with Gasteiger partial charge in [-0.15, -0.1) is 0 Å². The minimum atomic E-state index is -0.238. The largest absolute Gasteiger partial charge is 0.370 e. The van der Waals surface area contributed by atoms with Crippen molar-refractivity contribution in [3.05, 3.63) is 29.3 Å². The Bertz CT molecular complexity index is 564. The Labute approximate surface area is 126 Å². The molecule has 3 heteroatoms. The highest BCUT2D eigenvalue weighted by atomic mass is 16.5. The van der Waals surface area contributed by atoms with Crippen LogP contribution in [0.3, 0.4) is 0 Å². The summed E-state index contributed by atoms with van der Waals surface area (Å²) in [7, 11) is 0. The maximum Gasteiger partial charge on any atom is 0.0976 e. The Kier molecular flexibility index (Phi) is 2.89. The molecule has 1 spiro atoms. The molecule has 2 unspecified atom stereocenters. The van der Waals surface area contributed by atoms with Gasteiger partial charge < -0.3 is 4.74 Å². The second kappa shape index (κ2) is 4.47. The van der Waals surface area contributed by atoms with E-state index in [2.05, 4.69) is 32.0 Å². The Morgan fingerprint density at radius 1 is 1.24 bits per heavy atom. The number of fused-ring (bicyclic) bond motifs is 4. The van der Waals surface area contributed by atoms with Crippen LogP contribution in [-0.2, 0) is 10.3 Å². The summed E-state index contributed by atoms with van der Waals surface area (Å²) in [5, 5.41) is 12.7. The summed E-state index contributed by atoms with van der Waals surface area (Å²) in [6, 6.07) is 6.37. The summed E-state index contributed by atoms with van der Waals surface area (Å²) in [6.45, 7) is 5.16. The third-order valence-corrected chi connectivity index (χ3v) is 6.18. The Balaban J connectivity index is 1.92. The average Bonchev–Trinajstić information content (AvgIpc) is 2.90. The molecular weight excluding hydrogens is 262 g/mol. The molecule has 1 saturated heterocycles. The molecular formula is C18H25NO2. The SMILES string of the molecule is Cc1ccc2c(c1)C1(C)OCCC1C1(CCCCC1)N2O. The van der Waals surface area contributed by atoms with E-state index in [1.54, 1.807) is 5.06 Å². The van der Waals surface area contributed by atoms with Crippen molar-refractivity contribution in [2.45, 2.75) is 63.5 Å². The van der Waals surface area contributed by atoms with Gasteiger partial charge >= 0.3 is 0 Å². The van der Waals surface area contributed by atoms with Crippen LogP contribution in [0.5, 0.6) is 0 Å². The summed E-state index contributed by atoms with van der Waals surface area (Å²) in [5.41, 5.74) is 3.01. The first-order valence-electron chi connectivity index (χ1n) is 8.32. The molecule has 0 radical (unpaired) electrons. The van der Waals surface area contributed by atoms with E-state index in [-0.39, 0.29) is 11.1 Å². The van der Waals surface area contributed by atoms with E-state index in [0.29, 0.717) is 5.92 Å². The fourth-order valence-electron chi connectivity index (χ4n) is 5.16. The lowest BCUT2D eigenvalue weighted by atomic mass is 9.61. The van der Waals surface area contributed by atoms with Crippen LogP contribution in [0.25, 0.3) is 0 Å². The van der Waals surface area contributed by atoms with Crippen molar-refractivity contribution in [3.63, 3.8) is 0 Å². The number of benzene rings is 1. The molecule has 2 aliphatic heterocycles. The molecule has 4 rings (SSSR count). The average molecular weight is 287 g/mol. The Morgan fingerprint density at radius 3 is 2.76 bits per heavy atom. The molecule has 1 aliphatic carbocycles. The van der Waals surface area contributed by atoms with E-state index in [1.165, 1.54) is 30.4 Å². The van der Waals surface area contributed by atoms with Gasteiger partial charge in [0.05, 0.1) is 16.8 Å². The number of rotatable bonds is 0. The van der Waals surface area contributed by atoms with Gasteiger partial charge in [-0.25, -0.2) is 0 Å². The van der Waals surface area contributed by atoms with Gasteiger partial charge in [0, 0.05) is 18.1 Å². The van der Waals surface area contributed by atoms with Crippen molar-refractivity contribution in [2.24, 2.45) is 5.92 Å². The molecule has 2 atom stereocenters. The highest BCUT2D eigenvalue weighted by Crippen LogP contribution is 2.59. The quantitative estimate of drug-likeness (QED) is 0.777. The van der Waals surface area contributed by atoms with Gasteiger partial charge in [-0.05, 0) is 39.2 Å². The molecule has 0 bridgehead atoms. The van der Waals surface area contributed by atoms with E-state index in [0.717, 1.165) is 31.6 Å². The fourth-order valence-corrected chi connectivity index (χ4v) is 5.16.